The molecule has 0 saturated heterocycles. The minimum absolute atomic E-state index is 0.112. The Balaban J connectivity index is 2.07. The fourth-order valence-electron chi connectivity index (χ4n) is 2.26. The minimum atomic E-state index is 0.112. The van der Waals surface area contributed by atoms with Gasteiger partial charge in [0.05, 0.1) is 5.54 Å². The maximum absolute atomic E-state index is 6.11. The van der Waals surface area contributed by atoms with Crippen molar-refractivity contribution in [3.63, 3.8) is 0 Å². The number of rotatable bonds is 3. The summed E-state index contributed by atoms with van der Waals surface area (Å²) in [5, 5.41) is 3.57. The van der Waals surface area contributed by atoms with Crippen LogP contribution in [0.25, 0.3) is 0 Å². The molecule has 1 saturated carbocycles. The Morgan fingerprint density at radius 2 is 1.87 bits per heavy atom. The number of nitrogens with zero attached hydrogens (tertiary/aromatic N) is 1. The first-order chi connectivity index (χ1) is 7.35. The quantitative estimate of drug-likeness (QED) is 0.796. The van der Waals surface area contributed by atoms with Crippen molar-refractivity contribution in [2.45, 2.75) is 37.6 Å². The fourth-order valence-corrected chi connectivity index (χ4v) is 2.60. The van der Waals surface area contributed by atoms with Gasteiger partial charge in [-0.1, -0.05) is 19.3 Å². The van der Waals surface area contributed by atoms with E-state index in [1.165, 1.54) is 32.1 Å². The van der Waals surface area contributed by atoms with Crippen molar-refractivity contribution >= 4 is 17.3 Å². The summed E-state index contributed by atoms with van der Waals surface area (Å²) in [4.78, 5) is 4.01. The Kier molecular flexibility index (Phi) is 3.47. The Morgan fingerprint density at radius 1 is 1.20 bits per heavy atom. The lowest BCUT2D eigenvalue weighted by molar-refractivity contribution is 0.353. The van der Waals surface area contributed by atoms with Crippen molar-refractivity contribution in [3.05, 3.63) is 24.5 Å². The van der Waals surface area contributed by atoms with Crippen LogP contribution in [-0.4, -0.2) is 16.4 Å². The van der Waals surface area contributed by atoms with E-state index in [1.54, 1.807) is 0 Å². The van der Waals surface area contributed by atoms with E-state index in [2.05, 4.69) is 10.3 Å². The molecule has 0 spiro atoms. The lowest BCUT2D eigenvalue weighted by Crippen LogP contribution is -2.42. The third-order valence-corrected chi connectivity index (χ3v) is 3.67. The summed E-state index contributed by atoms with van der Waals surface area (Å²) in [7, 11) is 0. The number of hydrogen-bond acceptors (Lipinski definition) is 2. The van der Waals surface area contributed by atoms with Crippen molar-refractivity contribution in [2.24, 2.45) is 0 Å². The zero-order chi connectivity index (χ0) is 10.6. The maximum atomic E-state index is 6.11. The predicted molar refractivity (Wildman–Crippen MR) is 64.4 cm³/mol. The third-order valence-electron chi connectivity index (χ3n) is 3.16. The first-order valence-corrected chi connectivity index (χ1v) is 6.12. The van der Waals surface area contributed by atoms with Gasteiger partial charge >= 0.3 is 0 Å². The van der Waals surface area contributed by atoms with Crippen molar-refractivity contribution < 1.29 is 0 Å². The molecule has 0 bridgehead atoms. The zero-order valence-electron chi connectivity index (χ0n) is 8.88. The molecule has 1 aromatic rings. The van der Waals surface area contributed by atoms with E-state index in [9.17, 15) is 0 Å². The monoisotopic (exact) mass is 224 g/mol. The number of aromatic nitrogens is 1. The van der Waals surface area contributed by atoms with Crippen LogP contribution >= 0.6 is 11.6 Å². The van der Waals surface area contributed by atoms with Crippen LogP contribution < -0.4 is 5.32 Å². The highest BCUT2D eigenvalue weighted by Crippen LogP contribution is 2.32. The highest BCUT2D eigenvalue weighted by Gasteiger charge is 2.30. The lowest BCUT2D eigenvalue weighted by atomic mass is 9.83. The van der Waals surface area contributed by atoms with Crippen molar-refractivity contribution in [1.29, 1.82) is 0 Å². The van der Waals surface area contributed by atoms with Gasteiger partial charge in [0, 0.05) is 24.0 Å². The van der Waals surface area contributed by atoms with E-state index in [-0.39, 0.29) is 5.54 Å². The molecule has 15 heavy (non-hydrogen) atoms. The molecule has 1 aliphatic carbocycles. The van der Waals surface area contributed by atoms with Gasteiger partial charge in [-0.25, -0.2) is 0 Å². The molecule has 1 fully saturated rings. The molecule has 1 heterocycles. The van der Waals surface area contributed by atoms with Gasteiger partial charge in [-0.3, -0.25) is 4.98 Å². The number of hydrogen-bond donors (Lipinski definition) is 1. The number of halogens is 1. The van der Waals surface area contributed by atoms with Gasteiger partial charge in [0.15, 0.2) is 0 Å². The van der Waals surface area contributed by atoms with Crippen molar-refractivity contribution in [3.8, 4) is 0 Å². The zero-order valence-corrected chi connectivity index (χ0v) is 9.63. The second-order valence-electron chi connectivity index (χ2n) is 4.34. The van der Waals surface area contributed by atoms with E-state index in [0.717, 1.165) is 5.69 Å². The molecular formula is C12H17ClN2. The van der Waals surface area contributed by atoms with E-state index in [0.29, 0.717) is 5.88 Å². The van der Waals surface area contributed by atoms with Gasteiger partial charge in [-0.05, 0) is 25.0 Å². The van der Waals surface area contributed by atoms with Crippen LogP contribution in [0.2, 0.25) is 0 Å². The smallest absolute Gasteiger partial charge is 0.0508 e. The molecule has 0 aromatic carbocycles. The first-order valence-electron chi connectivity index (χ1n) is 5.59. The molecule has 0 unspecified atom stereocenters. The summed E-state index contributed by atoms with van der Waals surface area (Å²) in [6, 6.07) is 4.01. The Bertz CT molecular complexity index is 294. The predicted octanol–water partition coefficient (Wildman–Crippen LogP) is 3.44. The van der Waals surface area contributed by atoms with Crippen LogP contribution in [0.3, 0.4) is 0 Å². The summed E-state index contributed by atoms with van der Waals surface area (Å²) in [6.45, 7) is 0. The first kappa shape index (κ1) is 10.7. The lowest BCUT2D eigenvalue weighted by Gasteiger charge is -2.37. The molecule has 3 heteroatoms. The van der Waals surface area contributed by atoms with Crippen molar-refractivity contribution in [2.75, 3.05) is 11.2 Å². The molecule has 2 nitrogen and oxygen atoms in total. The summed E-state index contributed by atoms with van der Waals surface area (Å²) in [5.74, 6) is 0.690. The molecule has 2 rings (SSSR count). The van der Waals surface area contributed by atoms with Crippen LogP contribution in [0, 0.1) is 0 Å². The molecule has 1 aliphatic rings. The van der Waals surface area contributed by atoms with E-state index < -0.39 is 0 Å². The Labute approximate surface area is 96.1 Å². The topological polar surface area (TPSA) is 24.9 Å². The maximum Gasteiger partial charge on any atom is 0.0508 e. The summed E-state index contributed by atoms with van der Waals surface area (Å²) < 4.78 is 0. The fraction of sp³-hybridized carbons (Fsp3) is 0.583. The van der Waals surface area contributed by atoms with Crippen LogP contribution in [0.1, 0.15) is 32.1 Å². The molecule has 1 N–H and O–H groups in total. The highest BCUT2D eigenvalue weighted by atomic mass is 35.5. The van der Waals surface area contributed by atoms with Crippen molar-refractivity contribution in [1.82, 2.24) is 4.98 Å². The molecule has 82 valence electrons. The Morgan fingerprint density at radius 3 is 2.47 bits per heavy atom. The Hall–Kier alpha value is -0.760. The summed E-state index contributed by atoms with van der Waals surface area (Å²) in [6.07, 6.45) is 9.89. The van der Waals surface area contributed by atoms with Gasteiger partial charge in [0.2, 0.25) is 0 Å². The largest absolute Gasteiger partial charge is 0.378 e. The SMILES string of the molecule is ClCC1(Nc2ccncc2)CCCCC1. The number of anilines is 1. The average Bonchev–Trinajstić information content (AvgIpc) is 2.32. The van der Waals surface area contributed by atoms with Gasteiger partial charge in [0.1, 0.15) is 0 Å². The van der Waals surface area contributed by atoms with Crippen LogP contribution in [0.5, 0.6) is 0 Å². The van der Waals surface area contributed by atoms with Crippen LogP contribution in [0.4, 0.5) is 5.69 Å². The third kappa shape index (κ3) is 2.63. The second kappa shape index (κ2) is 4.84. The molecule has 1 aromatic heterocycles. The van der Waals surface area contributed by atoms with Gasteiger partial charge in [0.25, 0.3) is 0 Å². The number of nitrogens with one attached hydrogen (secondary N) is 1. The van der Waals surface area contributed by atoms with E-state index >= 15 is 0 Å². The molecule has 0 atom stereocenters. The van der Waals surface area contributed by atoms with Gasteiger partial charge in [-0.15, -0.1) is 11.6 Å². The number of alkyl halides is 1. The molecule has 0 aliphatic heterocycles. The second-order valence-corrected chi connectivity index (χ2v) is 4.60. The summed E-state index contributed by atoms with van der Waals surface area (Å²) in [5.41, 5.74) is 1.24. The minimum Gasteiger partial charge on any atom is -0.378 e. The van der Waals surface area contributed by atoms with Crippen LogP contribution in [-0.2, 0) is 0 Å². The molecular weight excluding hydrogens is 208 g/mol. The van der Waals surface area contributed by atoms with Crippen LogP contribution in [0.15, 0.2) is 24.5 Å². The van der Waals surface area contributed by atoms with Gasteiger partial charge in [-0.2, -0.15) is 0 Å². The summed E-state index contributed by atoms with van der Waals surface area (Å²) >= 11 is 6.11. The average molecular weight is 225 g/mol. The molecule has 0 amide bonds. The standard InChI is InChI=1S/C12H17ClN2/c13-10-12(6-2-1-3-7-12)15-11-4-8-14-9-5-11/h4-5,8-9H,1-3,6-7,10H2,(H,14,15). The molecule has 0 radical (unpaired) electrons. The normalized spacial score (nSPS) is 19.8. The van der Waals surface area contributed by atoms with Gasteiger partial charge < -0.3 is 5.32 Å². The van der Waals surface area contributed by atoms with E-state index in [4.69, 9.17) is 11.6 Å². The number of pyridine rings is 1. The van der Waals surface area contributed by atoms with E-state index in [1.807, 2.05) is 24.5 Å². The highest BCUT2D eigenvalue weighted by molar-refractivity contribution is 6.18.